The second-order valence-corrected chi connectivity index (χ2v) is 3.21. The first-order valence-corrected chi connectivity index (χ1v) is 4.42. The highest BCUT2D eigenvalue weighted by atomic mass is 32.2. The Morgan fingerprint density at radius 2 is 2.11 bits per heavy atom. The molecular formula is C6H10O2S. The van der Waals surface area contributed by atoms with E-state index in [1.807, 2.05) is 0 Å². The van der Waals surface area contributed by atoms with Crippen LogP contribution in [0, 0.1) is 0 Å². The first-order valence-electron chi connectivity index (χ1n) is 3.05. The van der Waals surface area contributed by atoms with Crippen molar-refractivity contribution < 1.29 is 8.42 Å². The van der Waals surface area contributed by atoms with Crippen molar-refractivity contribution in [1.29, 1.82) is 0 Å². The summed E-state index contributed by atoms with van der Waals surface area (Å²) < 4.78 is 20.2. The summed E-state index contributed by atoms with van der Waals surface area (Å²) in [6.45, 7) is 2.06. The Morgan fingerprint density at radius 3 is 2.44 bits per heavy atom. The van der Waals surface area contributed by atoms with E-state index in [1.165, 1.54) is 5.57 Å². The predicted molar refractivity (Wildman–Crippen MR) is 37.1 cm³/mol. The molecule has 0 aliphatic heterocycles. The van der Waals surface area contributed by atoms with Gasteiger partial charge in [-0.05, 0) is 12.8 Å². The second-order valence-electron chi connectivity index (χ2n) is 2.23. The lowest BCUT2D eigenvalue weighted by atomic mass is 10.4. The van der Waals surface area contributed by atoms with E-state index in [4.69, 9.17) is 0 Å². The minimum absolute atomic E-state index is 0.304. The molecule has 52 valence electrons. The van der Waals surface area contributed by atoms with Crippen molar-refractivity contribution in [3.05, 3.63) is 11.1 Å². The molecular weight excluding hydrogens is 136 g/mol. The Labute approximate surface area is 56.5 Å². The van der Waals surface area contributed by atoms with Gasteiger partial charge in [0.1, 0.15) is 10.7 Å². The van der Waals surface area contributed by atoms with Crippen molar-refractivity contribution in [2.75, 3.05) is 5.75 Å². The molecule has 0 fully saturated rings. The zero-order chi connectivity index (χ0) is 6.85. The molecule has 0 aromatic heterocycles. The largest absolute Gasteiger partial charge is 0.232 e. The summed E-state index contributed by atoms with van der Waals surface area (Å²) in [5.74, 6) is 0.304. The van der Waals surface area contributed by atoms with Crippen LogP contribution in [0.2, 0.25) is 0 Å². The van der Waals surface area contributed by atoms with Crippen molar-refractivity contribution in [3.63, 3.8) is 0 Å². The third-order valence-corrected chi connectivity index (χ3v) is 2.19. The van der Waals surface area contributed by atoms with Gasteiger partial charge in [-0.1, -0.05) is 18.1 Å². The van der Waals surface area contributed by atoms with Crippen LogP contribution in [0.15, 0.2) is 11.1 Å². The number of allylic oxidation sites excluding steroid dienone is 1. The minimum atomic E-state index is -2.17. The summed E-state index contributed by atoms with van der Waals surface area (Å²) in [4.78, 5) is 0. The van der Waals surface area contributed by atoms with Crippen molar-refractivity contribution in [2.45, 2.75) is 19.8 Å². The molecule has 0 bridgehead atoms. The Balaban J connectivity index is 2.41. The highest BCUT2D eigenvalue weighted by Gasteiger charge is 2.18. The van der Waals surface area contributed by atoms with Crippen LogP contribution in [0.25, 0.3) is 0 Å². The van der Waals surface area contributed by atoms with Crippen LogP contribution < -0.4 is 0 Å². The number of hydrogen-bond acceptors (Lipinski definition) is 2. The second kappa shape index (κ2) is 2.52. The third-order valence-electron chi connectivity index (χ3n) is 1.55. The van der Waals surface area contributed by atoms with Gasteiger partial charge in [0, 0.05) is 0 Å². The summed E-state index contributed by atoms with van der Waals surface area (Å²) in [7, 11) is -2.17. The van der Waals surface area contributed by atoms with Gasteiger partial charge in [-0.25, -0.2) is 8.42 Å². The average Bonchev–Trinajstić information content (AvgIpc) is 2.45. The molecule has 0 radical (unpaired) electrons. The summed E-state index contributed by atoms with van der Waals surface area (Å²) in [6, 6.07) is 0. The van der Waals surface area contributed by atoms with Gasteiger partial charge in [0.15, 0.2) is 0 Å². The molecule has 2 nitrogen and oxygen atoms in total. The van der Waals surface area contributed by atoms with Crippen molar-refractivity contribution in [3.8, 4) is 0 Å². The van der Waals surface area contributed by atoms with Gasteiger partial charge < -0.3 is 0 Å². The Morgan fingerprint density at radius 1 is 1.44 bits per heavy atom. The Hall–Kier alpha value is -0.310. The quantitative estimate of drug-likeness (QED) is 0.470. The van der Waals surface area contributed by atoms with E-state index in [2.05, 4.69) is 6.92 Å². The van der Waals surface area contributed by atoms with Gasteiger partial charge in [0.05, 0.1) is 5.75 Å². The first kappa shape index (κ1) is 6.81. The smallest absolute Gasteiger partial charge is 0.143 e. The molecule has 0 saturated heterocycles. The van der Waals surface area contributed by atoms with Gasteiger partial charge in [-0.15, -0.1) is 0 Å². The molecule has 0 N–H and O–H groups in total. The van der Waals surface area contributed by atoms with E-state index < -0.39 is 10.7 Å². The van der Waals surface area contributed by atoms with Crippen LogP contribution in [-0.2, 0) is 10.7 Å². The molecule has 1 aliphatic carbocycles. The van der Waals surface area contributed by atoms with Crippen molar-refractivity contribution in [2.24, 2.45) is 0 Å². The van der Waals surface area contributed by atoms with Gasteiger partial charge in [0.25, 0.3) is 0 Å². The fourth-order valence-electron chi connectivity index (χ4n) is 0.912. The molecule has 0 saturated carbocycles. The Kier molecular flexibility index (Phi) is 1.90. The van der Waals surface area contributed by atoms with E-state index in [-0.39, 0.29) is 0 Å². The van der Waals surface area contributed by atoms with Crippen LogP contribution in [0.1, 0.15) is 19.8 Å². The maximum absolute atomic E-state index is 10.1. The fourth-order valence-corrected chi connectivity index (χ4v) is 1.56. The van der Waals surface area contributed by atoms with Crippen LogP contribution in [0.5, 0.6) is 0 Å². The maximum Gasteiger partial charge on any atom is 0.143 e. The highest BCUT2D eigenvalue weighted by molar-refractivity contribution is 7.72. The van der Waals surface area contributed by atoms with Crippen molar-refractivity contribution >= 4 is 10.7 Å². The third kappa shape index (κ3) is 1.82. The van der Waals surface area contributed by atoms with Crippen LogP contribution in [-0.4, -0.2) is 14.2 Å². The molecule has 0 aromatic carbocycles. The molecule has 1 rings (SSSR count). The summed E-state index contributed by atoms with van der Waals surface area (Å²) in [5.41, 5.74) is 2.49. The van der Waals surface area contributed by atoms with Gasteiger partial charge in [-0.2, -0.15) is 0 Å². The molecule has 0 spiro atoms. The zero-order valence-corrected chi connectivity index (χ0v) is 6.28. The van der Waals surface area contributed by atoms with E-state index in [0.29, 0.717) is 5.75 Å². The maximum atomic E-state index is 10.1. The van der Waals surface area contributed by atoms with E-state index >= 15 is 0 Å². The van der Waals surface area contributed by atoms with Gasteiger partial charge >= 0.3 is 0 Å². The molecule has 0 unspecified atom stereocenters. The van der Waals surface area contributed by atoms with Crippen LogP contribution in [0.4, 0.5) is 0 Å². The Bertz CT molecular complexity index is 205. The molecule has 9 heavy (non-hydrogen) atoms. The van der Waals surface area contributed by atoms with Gasteiger partial charge in [0.2, 0.25) is 0 Å². The normalized spacial score (nSPS) is 17.1. The molecule has 0 heterocycles. The lowest BCUT2D eigenvalue weighted by Crippen LogP contribution is -1.81. The van der Waals surface area contributed by atoms with E-state index in [1.54, 1.807) is 0 Å². The highest BCUT2D eigenvalue weighted by Crippen LogP contribution is 2.32. The lowest BCUT2D eigenvalue weighted by Gasteiger charge is -1.74. The number of hydrogen-bond donors (Lipinski definition) is 1. The lowest BCUT2D eigenvalue weighted by molar-refractivity contribution is 0.616. The summed E-state index contributed by atoms with van der Waals surface area (Å²) in [5, 5.41) is 0. The molecule has 3 heteroatoms. The first-order chi connectivity index (χ1) is 4.24. The number of rotatable bonds is 3. The summed E-state index contributed by atoms with van der Waals surface area (Å²) in [6.07, 6.45) is 2.00. The van der Waals surface area contributed by atoms with Crippen molar-refractivity contribution in [1.82, 2.24) is 0 Å². The van der Waals surface area contributed by atoms with Crippen LogP contribution >= 0.6 is 0 Å². The standard InChI is InChI=1S/C6H10O2S/c1-2-5-3-6(5)4-9(7)8/h9H,2-4H2,1H3. The molecule has 0 amide bonds. The van der Waals surface area contributed by atoms with E-state index in [0.717, 1.165) is 18.4 Å². The van der Waals surface area contributed by atoms with Crippen LogP contribution in [0.3, 0.4) is 0 Å². The molecule has 0 aromatic rings. The summed E-state index contributed by atoms with van der Waals surface area (Å²) >= 11 is 0. The van der Waals surface area contributed by atoms with E-state index in [9.17, 15) is 8.42 Å². The SMILES string of the molecule is CCC1=C(C[SH](=O)=O)C1. The molecule has 0 atom stereocenters. The topological polar surface area (TPSA) is 34.1 Å². The predicted octanol–water partition coefficient (Wildman–Crippen LogP) is 0.708. The average molecular weight is 146 g/mol. The zero-order valence-electron chi connectivity index (χ0n) is 5.39. The monoisotopic (exact) mass is 146 g/mol. The number of thiol groups is 1. The fraction of sp³-hybridized carbons (Fsp3) is 0.667. The minimum Gasteiger partial charge on any atom is -0.232 e. The molecule has 1 aliphatic rings. The van der Waals surface area contributed by atoms with Gasteiger partial charge in [-0.3, -0.25) is 0 Å².